The van der Waals surface area contributed by atoms with Crippen molar-refractivity contribution in [2.45, 2.75) is 12.8 Å². The number of anilines is 2. The van der Waals surface area contributed by atoms with Gasteiger partial charge in [-0.2, -0.15) is 0 Å². The topological polar surface area (TPSA) is 92.8 Å². The van der Waals surface area contributed by atoms with Crippen molar-refractivity contribution in [3.8, 4) is 0 Å². The third-order valence-corrected chi connectivity index (χ3v) is 6.20. The summed E-state index contributed by atoms with van der Waals surface area (Å²) in [5.41, 5.74) is 1.32. The molecule has 1 fully saturated rings. The minimum absolute atomic E-state index is 0.107. The molecule has 2 aromatic carbocycles. The SMILES string of the molecule is COC(=O)c1ccccc1NC(=O)c1cccc(N2CCCCS2(=O)=O)c1. The van der Waals surface area contributed by atoms with Crippen LogP contribution < -0.4 is 9.62 Å². The molecule has 0 spiro atoms. The first-order valence-corrected chi connectivity index (χ1v) is 10.1. The van der Waals surface area contributed by atoms with E-state index in [0.29, 0.717) is 29.9 Å². The number of carbonyl (C=O) groups excluding carboxylic acids is 2. The molecule has 1 saturated heterocycles. The molecule has 0 unspecified atom stereocenters. The Labute approximate surface area is 158 Å². The highest BCUT2D eigenvalue weighted by Crippen LogP contribution is 2.25. The molecule has 3 rings (SSSR count). The Morgan fingerprint density at radius 3 is 2.59 bits per heavy atom. The number of carbonyl (C=O) groups is 2. The number of ether oxygens (including phenoxy) is 1. The van der Waals surface area contributed by atoms with E-state index in [1.807, 2.05) is 0 Å². The molecule has 142 valence electrons. The van der Waals surface area contributed by atoms with Gasteiger partial charge < -0.3 is 10.1 Å². The third-order valence-electron chi connectivity index (χ3n) is 4.33. The standard InChI is InChI=1S/C19H20N2O5S/c1-26-19(23)16-9-2-3-10-17(16)20-18(22)14-7-6-8-15(13-14)21-11-4-5-12-27(21,24)25/h2-3,6-10,13H,4-5,11-12H2,1H3,(H,20,22). The maximum atomic E-state index is 12.6. The second-order valence-electron chi connectivity index (χ2n) is 6.14. The Balaban J connectivity index is 1.86. The largest absolute Gasteiger partial charge is 0.465 e. The Morgan fingerprint density at radius 1 is 1.07 bits per heavy atom. The summed E-state index contributed by atoms with van der Waals surface area (Å²) in [6, 6.07) is 13.0. The van der Waals surface area contributed by atoms with E-state index in [1.54, 1.807) is 48.5 Å². The normalized spacial score (nSPS) is 15.8. The summed E-state index contributed by atoms with van der Waals surface area (Å²) in [7, 11) is -2.09. The van der Waals surface area contributed by atoms with Crippen LogP contribution in [0.15, 0.2) is 48.5 Å². The number of para-hydroxylation sites is 1. The second kappa shape index (κ2) is 7.79. The Morgan fingerprint density at radius 2 is 1.85 bits per heavy atom. The van der Waals surface area contributed by atoms with E-state index >= 15 is 0 Å². The molecule has 0 aliphatic carbocycles. The van der Waals surface area contributed by atoms with Crippen LogP contribution in [0, 0.1) is 0 Å². The van der Waals surface area contributed by atoms with Gasteiger partial charge in [-0.05, 0) is 43.2 Å². The third kappa shape index (κ3) is 4.11. The number of hydrogen-bond donors (Lipinski definition) is 1. The average molecular weight is 388 g/mol. The lowest BCUT2D eigenvalue weighted by Crippen LogP contribution is -2.37. The number of rotatable bonds is 4. The summed E-state index contributed by atoms with van der Waals surface area (Å²) in [5, 5.41) is 2.69. The summed E-state index contributed by atoms with van der Waals surface area (Å²) in [6.45, 7) is 0.401. The second-order valence-corrected chi connectivity index (χ2v) is 8.15. The van der Waals surface area contributed by atoms with Gasteiger partial charge in [0.25, 0.3) is 5.91 Å². The molecule has 0 bridgehead atoms. The van der Waals surface area contributed by atoms with Crippen molar-refractivity contribution >= 4 is 33.3 Å². The predicted molar refractivity (Wildman–Crippen MR) is 103 cm³/mol. The number of sulfonamides is 1. The lowest BCUT2D eigenvalue weighted by atomic mass is 10.1. The van der Waals surface area contributed by atoms with Crippen molar-refractivity contribution in [1.82, 2.24) is 0 Å². The fraction of sp³-hybridized carbons (Fsp3) is 0.263. The Kier molecular flexibility index (Phi) is 5.46. The zero-order chi connectivity index (χ0) is 19.4. The van der Waals surface area contributed by atoms with E-state index in [-0.39, 0.29) is 11.3 Å². The quantitative estimate of drug-likeness (QED) is 0.813. The fourth-order valence-electron chi connectivity index (χ4n) is 2.96. The van der Waals surface area contributed by atoms with Crippen molar-refractivity contribution in [1.29, 1.82) is 0 Å². The molecule has 2 aromatic rings. The molecule has 7 nitrogen and oxygen atoms in total. The summed E-state index contributed by atoms with van der Waals surface area (Å²) in [4.78, 5) is 24.5. The van der Waals surface area contributed by atoms with Crippen LogP contribution in [-0.4, -0.2) is 39.7 Å². The minimum atomic E-state index is -3.36. The van der Waals surface area contributed by atoms with Crippen LogP contribution >= 0.6 is 0 Å². The molecule has 1 aliphatic rings. The van der Waals surface area contributed by atoms with Crippen LogP contribution in [-0.2, 0) is 14.8 Å². The molecule has 1 N–H and O–H groups in total. The molecular weight excluding hydrogens is 368 g/mol. The van der Waals surface area contributed by atoms with Crippen molar-refractivity contribution in [2.24, 2.45) is 0 Å². The van der Waals surface area contributed by atoms with E-state index in [0.717, 1.165) is 6.42 Å². The van der Waals surface area contributed by atoms with Gasteiger partial charge in [-0.25, -0.2) is 13.2 Å². The van der Waals surface area contributed by atoms with Crippen molar-refractivity contribution < 1.29 is 22.7 Å². The van der Waals surface area contributed by atoms with Gasteiger partial charge >= 0.3 is 5.97 Å². The molecule has 0 atom stereocenters. The molecule has 0 saturated carbocycles. The molecule has 27 heavy (non-hydrogen) atoms. The van der Waals surface area contributed by atoms with Gasteiger partial charge in [0.2, 0.25) is 10.0 Å². The Hall–Kier alpha value is -2.87. The first-order chi connectivity index (χ1) is 12.9. The van der Waals surface area contributed by atoms with E-state index in [4.69, 9.17) is 4.74 Å². The Bertz CT molecular complexity index is 972. The lowest BCUT2D eigenvalue weighted by Gasteiger charge is -2.28. The van der Waals surface area contributed by atoms with E-state index in [2.05, 4.69) is 5.32 Å². The van der Waals surface area contributed by atoms with Crippen LogP contribution in [0.2, 0.25) is 0 Å². The minimum Gasteiger partial charge on any atom is -0.465 e. The number of benzene rings is 2. The number of esters is 1. The maximum absolute atomic E-state index is 12.6. The van der Waals surface area contributed by atoms with Crippen molar-refractivity contribution in [2.75, 3.05) is 29.0 Å². The predicted octanol–water partition coefficient (Wildman–Crippen LogP) is 2.66. The molecule has 1 heterocycles. The lowest BCUT2D eigenvalue weighted by molar-refractivity contribution is 0.0602. The van der Waals surface area contributed by atoms with Crippen molar-refractivity contribution in [3.63, 3.8) is 0 Å². The summed E-state index contributed by atoms with van der Waals surface area (Å²) in [5.74, 6) is -0.891. The van der Waals surface area contributed by atoms with Gasteiger partial charge in [0.1, 0.15) is 0 Å². The summed E-state index contributed by atoms with van der Waals surface area (Å²) in [6.07, 6.45) is 1.42. The highest BCUT2D eigenvalue weighted by molar-refractivity contribution is 7.92. The van der Waals surface area contributed by atoms with Crippen LogP contribution in [0.25, 0.3) is 0 Å². The first-order valence-electron chi connectivity index (χ1n) is 8.51. The van der Waals surface area contributed by atoms with Gasteiger partial charge in [0.15, 0.2) is 0 Å². The van der Waals surface area contributed by atoms with E-state index in [9.17, 15) is 18.0 Å². The maximum Gasteiger partial charge on any atom is 0.339 e. The van der Waals surface area contributed by atoms with Crippen LogP contribution in [0.1, 0.15) is 33.6 Å². The molecule has 0 aromatic heterocycles. The number of hydrogen-bond acceptors (Lipinski definition) is 5. The number of nitrogens with zero attached hydrogens (tertiary/aromatic N) is 1. The molecule has 1 amide bonds. The average Bonchev–Trinajstić information content (AvgIpc) is 2.67. The first kappa shape index (κ1) is 18.9. The summed E-state index contributed by atoms with van der Waals surface area (Å²) >= 11 is 0. The van der Waals surface area contributed by atoms with Crippen LogP contribution in [0.5, 0.6) is 0 Å². The fourth-order valence-corrected chi connectivity index (χ4v) is 4.59. The monoisotopic (exact) mass is 388 g/mol. The number of methoxy groups -OCH3 is 1. The zero-order valence-electron chi connectivity index (χ0n) is 14.8. The van der Waals surface area contributed by atoms with Gasteiger partial charge in [-0.1, -0.05) is 18.2 Å². The highest BCUT2D eigenvalue weighted by Gasteiger charge is 2.26. The molecule has 8 heteroatoms. The van der Waals surface area contributed by atoms with Crippen LogP contribution in [0.4, 0.5) is 11.4 Å². The molecular formula is C19H20N2O5S. The van der Waals surface area contributed by atoms with E-state index < -0.39 is 21.9 Å². The van der Waals surface area contributed by atoms with Crippen LogP contribution in [0.3, 0.4) is 0 Å². The van der Waals surface area contributed by atoms with Gasteiger partial charge in [0, 0.05) is 12.1 Å². The van der Waals surface area contributed by atoms with Gasteiger partial charge in [-0.15, -0.1) is 0 Å². The van der Waals surface area contributed by atoms with Gasteiger partial charge in [0.05, 0.1) is 29.8 Å². The molecule has 0 radical (unpaired) electrons. The number of amides is 1. The van der Waals surface area contributed by atoms with Crippen molar-refractivity contribution in [3.05, 3.63) is 59.7 Å². The number of nitrogens with one attached hydrogen (secondary N) is 1. The smallest absolute Gasteiger partial charge is 0.339 e. The highest BCUT2D eigenvalue weighted by atomic mass is 32.2. The van der Waals surface area contributed by atoms with E-state index in [1.165, 1.54) is 11.4 Å². The summed E-state index contributed by atoms with van der Waals surface area (Å²) < 4.78 is 30.6. The van der Waals surface area contributed by atoms with Gasteiger partial charge in [-0.3, -0.25) is 9.10 Å². The zero-order valence-corrected chi connectivity index (χ0v) is 15.7. The molecule has 1 aliphatic heterocycles.